The zero-order valence-corrected chi connectivity index (χ0v) is 26.2. The lowest BCUT2D eigenvalue weighted by Gasteiger charge is -2.44. The van der Waals surface area contributed by atoms with Crippen LogP contribution in [0.1, 0.15) is 55.0 Å². The summed E-state index contributed by atoms with van der Waals surface area (Å²) in [7, 11) is -2.29. The highest BCUT2D eigenvalue weighted by atomic mass is 28.4. The lowest BCUT2D eigenvalue weighted by atomic mass is 9.92. The Bertz CT molecular complexity index is 1430. The minimum absolute atomic E-state index is 0.0514. The summed E-state index contributed by atoms with van der Waals surface area (Å²) in [5.41, 5.74) is 1.16. The van der Waals surface area contributed by atoms with Gasteiger partial charge >= 0.3 is 6.18 Å². The van der Waals surface area contributed by atoms with Gasteiger partial charge < -0.3 is 14.3 Å². The number of nitrogens with zero attached hydrogens (tertiary/aromatic N) is 1. The molecule has 1 N–H and O–H groups in total. The average molecular weight is 614 g/mol. The third-order valence-electron chi connectivity index (χ3n) is 8.31. The number of rotatable bonds is 7. The Morgan fingerprint density at radius 1 is 1.02 bits per heavy atom. The van der Waals surface area contributed by atoms with Crippen molar-refractivity contribution in [2.45, 2.75) is 69.4 Å². The lowest BCUT2D eigenvalue weighted by molar-refractivity contribution is -0.235. The van der Waals surface area contributed by atoms with Crippen LogP contribution >= 0.6 is 0 Å². The van der Waals surface area contributed by atoms with E-state index in [0.29, 0.717) is 24.2 Å². The predicted molar refractivity (Wildman–Crippen MR) is 162 cm³/mol. The summed E-state index contributed by atoms with van der Waals surface area (Å²) in [5, 5.41) is 11.9. The van der Waals surface area contributed by atoms with Crippen LogP contribution in [-0.4, -0.2) is 43.9 Å². The molecule has 4 rings (SSSR count). The van der Waals surface area contributed by atoms with Gasteiger partial charge in [0.2, 0.25) is 0 Å². The Kier molecular flexibility index (Phi) is 9.89. The van der Waals surface area contributed by atoms with Gasteiger partial charge in [-0.15, -0.1) is 0 Å². The van der Waals surface area contributed by atoms with Crippen molar-refractivity contribution >= 4 is 8.32 Å². The fourth-order valence-corrected chi connectivity index (χ4v) is 5.82. The predicted octanol–water partition coefficient (Wildman–Crippen LogP) is 7.92. The largest absolute Gasteiger partial charge is 0.416 e. The molecule has 3 aromatic rings. The number of benzene rings is 3. The molecule has 1 aliphatic rings. The summed E-state index contributed by atoms with van der Waals surface area (Å²) >= 11 is 0. The maximum atomic E-state index is 13.9. The molecule has 3 aromatic carbocycles. The molecule has 0 bridgehead atoms. The van der Waals surface area contributed by atoms with E-state index in [-0.39, 0.29) is 18.3 Å². The topological polar surface area (TPSA) is 41.9 Å². The van der Waals surface area contributed by atoms with Crippen molar-refractivity contribution in [3.05, 3.63) is 107 Å². The average Bonchev–Trinajstić information content (AvgIpc) is 2.93. The molecule has 1 aliphatic heterocycles. The summed E-state index contributed by atoms with van der Waals surface area (Å²) in [6, 6.07) is 19.8. The summed E-state index contributed by atoms with van der Waals surface area (Å²) in [4.78, 5) is 2.02. The van der Waals surface area contributed by atoms with Crippen molar-refractivity contribution in [1.29, 1.82) is 0 Å². The fraction of sp³-hybridized carbons (Fsp3) is 0.412. The SMILES string of the molecule is CC(C)(C)[Si](C)(C)OCC(C#CC1(O)OCCN(Cc2ccccc2)C1c1ccc(F)cc1)c1cccc(C(F)(F)F)c1. The van der Waals surface area contributed by atoms with Gasteiger partial charge in [0, 0.05) is 13.1 Å². The van der Waals surface area contributed by atoms with Gasteiger partial charge in [-0.05, 0) is 58.9 Å². The maximum absolute atomic E-state index is 13.9. The van der Waals surface area contributed by atoms with E-state index in [9.17, 15) is 22.7 Å². The third-order valence-corrected chi connectivity index (χ3v) is 12.8. The first kappa shape index (κ1) is 32.9. The second-order valence-electron chi connectivity index (χ2n) is 12.5. The van der Waals surface area contributed by atoms with Gasteiger partial charge in [0.05, 0.1) is 24.7 Å². The first-order chi connectivity index (χ1) is 20.1. The van der Waals surface area contributed by atoms with Crippen LogP contribution in [0.2, 0.25) is 18.1 Å². The van der Waals surface area contributed by atoms with Crippen LogP contribution < -0.4 is 0 Å². The number of halogens is 4. The van der Waals surface area contributed by atoms with Crippen LogP contribution in [0, 0.1) is 17.7 Å². The van der Waals surface area contributed by atoms with Gasteiger partial charge in [-0.1, -0.05) is 87.4 Å². The van der Waals surface area contributed by atoms with E-state index in [0.717, 1.165) is 17.7 Å². The van der Waals surface area contributed by atoms with Crippen LogP contribution in [-0.2, 0) is 21.9 Å². The standard InChI is InChI=1S/C34H39F4NO3Si/c1-32(2,3)43(4,5)42-24-28(27-12-9-13-29(22-27)34(36,37)38)18-19-33(40)31(26-14-16-30(35)17-15-26)39(20-21-41-33)23-25-10-7-6-8-11-25/h6-17,22,28,31,40H,20-21,23-24H2,1-5H3. The van der Waals surface area contributed by atoms with Gasteiger partial charge in [0.15, 0.2) is 8.32 Å². The van der Waals surface area contributed by atoms with Gasteiger partial charge in [0.25, 0.3) is 5.79 Å². The third kappa shape index (κ3) is 8.14. The van der Waals surface area contributed by atoms with Gasteiger partial charge in [-0.25, -0.2) is 4.39 Å². The summed E-state index contributed by atoms with van der Waals surface area (Å²) in [6.07, 6.45) is -4.52. The second-order valence-corrected chi connectivity index (χ2v) is 17.3. The quantitative estimate of drug-likeness (QED) is 0.167. The molecule has 0 spiro atoms. The Balaban J connectivity index is 1.76. The minimum atomic E-state index is -4.52. The first-order valence-corrected chi connectivity index (χ1v) is 17.2. The lowest BCUT2D eigenvalue weighted by Crippen LogP contribution is -2.53. The molecule has 9 heteroatoms. The van der Waals surface area contributed by atoms with E-state index >= 15 is 0 Å². The molecule has 43 heavy (non-hydrogen) atoms. The number of morpholine rings is 1. The molecular formula is C34H39F4NO3Si. The van der Waals surface area contributed by atoms with E-state index in [1.807, 2.05) is 35.2 Å². The molecule has 1 heterocycles. The Labute approximate surface area is 252 Å². The highest BCUT2D eigenvalue weighted by molar-refractivity contribution is 6.74. The molecule has 0 amide bonds. The Morgan fingerprint density at radius 3 is 2.33 bits per heavy atom. The Hall–Kier alpha value is -3.00. The van der Waals surface area contributed by atoms with E-state index < -0.39 is 43.6 Å². The van der Waals surface area contributed by atoms with Crippen molar-refractivity contribution < 1.29 is 31.8 Å². The monoisotopic (exact) mass is 613 g/mol. The normalized spacial score (nSPS) is 20.7. The second kappa shape index (κ2) is 12.9. The van der Waals surface area contributed by atoms with Crippen LogP contribution in [0.15, 0.2) is 78.9 Å². The highest BCUT2D eigenvalue weighted by Gasteiger charge is 2.45. The van der Waals surface area contributed by atoms with Crippen LogP contribution in [0.4, 0.5) is 17.6 Å². The number of ether oxygens (including phenoxy) is 1. The van der Waals surface area contributed by atoms with Crippen molar-refractivity contribution in [1.82, 2.24) is 4.90 Å². The number of hydrogen-bond acceptors (Lipinski definition) is 4. The highest BCUT2D eigenvalue weighted by Crippen LogP contribution is 2.39. The molecule has 3 atom stereocenters. The molecule has 0 saturated carbocycles. The molecule has 4 nitrogen and oxygen atoms in total. The molecule has 0 aliphatic carbocycles. The maximum Gasteiger partial charge on any atom is 0.416 e. The van der Waals surface area contributed by atoms with Crippen LogP contribution in [0.3, 0.4) is 0 Å². The number of aliphatic hydroxyl groups is 1. The molecule has 1 fully saturated rings. The fourth-order valence-electron chi connectivity index (χ4n) is 4.80. The molecule has 0 aromatic heterocycles. The molecule has 0 radical (unpaired) electrons. The van der Waals surface area contributed by atoms with E-state index in [4.69, 9.17) is 9.16 Å². The van der Waals surface area contributed by atoms with Gasteiger partial charge in [-0.3, -0.25) is 4.90 Å². The number of alkyl halides is 3. The Morgan fingerprint density at radius 2 is 1.70 bits per heavy atom. The van der Waals surface area contributed by atoms with Crippen molar-refractivity contribution in [3.63, 3.8) is 0 Å². The molecule has 1 saturated heterocycles. The smallest absolute Gasteiger partial charge is 0.415 e. The zero-order valence-electron chi connectivity index (χ0n) is 25.2. The van der Waals surface area contributed by atoms with Crippen LogP contribution in [0.5, 0.6) is 0 Å². The summed E-state index contributed by atoms with van der Waals surface area (Å²) in [5.74, 6) is 2.74. The molecule has 3 unspecified atom stereocenters. The summed E-state index contributed by atoms with van der Waals surface area (Å²) < 4.78 is 67.1. The van der Waals surface area contributed by atoms with E-state index in [2.05, 4.69) is 45.7 Å². The van der Waals surface area contributed by atoms with Crippen LogP contribution in [0.25, 0.3) is 0 Å². The van der Waals surface area contributed by atoms with Crippen molar-refractivity contribution in [3.8, 4) is 11.8 Å². The minimum Gasteiger partial charge on any atom is -0.415 e. The first-order valence-electron chi connectivity index (χ1n) is 14.3. The number of hydrogen-bond donors (Lipinski definition) is 1. The van der Waals surface area contributed by atoms with E-state index in [1.54, 1.807) is 18.2 Å². The van der Waals surface area contributed by atoms with Gasteiger partial charge in [0.1, 0.15) is 11.9 Å². The van der Waals surface area contributed by atoms with Crippen molar-refractivity contribution in [2.24, 2.45) is 0 Å². The zero-order chi connectivity index (χ0) is 31.5. The van der Waals surface area contributed by atoms with E-state index in [1.165, 1.54) is 18.2 Å². The summed E-state index contributed by atoms with van der Waals surface area (Å²) in [6.45, 7) is 11.5. The van der Waals surface area contributed by atoms with Crippen molar-refractivity contribution in [2.75, 3.05) is 19.8 Å². The van der Waals surface area contributed by atoms with Gasteiger partial charge in [-0.2, -0.15) is 13.2 Å². The molecule has 230 valence electrons. The molecular weight excluding hydrogens is 574 g/mol.